The van der Waals surface area contributed by atoms with E-state index in [-0.39, 0.29) is 12.4 Å². The number of nitrogens with one attached hydrogen (secondary N) is 1. The predicted molar refractivity (Wildman–Crippen MR) is 65.6 cm³/mol. The van der Waals surface area contributed by atoms with Gasteiger partial charge in [0.25, 0.3) is 0 Å². The zero-order valence-electron chi connectivity index (χ0n) is 9.65. The SMILES string of the molecule is Cl.O=C(C1CCCC1)N1CC2CNCC2C1. The Labute approximate surface area is 103 Å². The molecule has 16 heavy (non-hydrogen) atoms. The maximum atomic E-state index is 12.2. The van der Waals surface area contributed by atoms with Crippen LogP contribution in [0.5, 0.6) is 0 Å². The van der Waals surface area contributed by atoms with Crippen molar-refractivity contribution in [3.05, 3.63) is 0 Å². The van der Waals surface area contributed by atoms with Gasteiger partial charge in [-0.15, -0.1) is 12.4 Å². The van der Waals surface area contributed by atoms with Crippen molar-refractivity contribution in [2.75, 3.05) is 26.2 Å². The normalized spacial score (nSPS) is 33.9. The zero-order valence-corrected chi connectivity index (χ0v) is 10.5. The first-order valence-electron chi connectivity index (χ1n) is 6.34. The van der Waals surface area contributed by atoms with Crippen LogP contribution >= 0.6 is 12.4 Å². The number of amides is 1. The number of hydrogen-bond donors (Lipinski definition) is 1. The number of halogens is 1. The Balaban J connectivity index is 0.000000963. The van der Waals surface area contributed by atoms with E-state index in [2.05, 4.69) is 10.2 Å². The monoisotopic (exact) mass is 244 g/mol. The molecule has 2 aliphatic heterocycles. The van der Waals surface area contributed by atoms with Gasteiger partial charge in [0.1, 0.15) is 0 Å². The molecule has 0 spiro atoms. The molecule has 0 radical (unpaired) electrons. The summed E-state index contributed by atoms with van der Waals surface area (Å²) in [4.78, 5) is 14.3. The van der Waals surface area contributed by atoms with Gasteiger partial charge in [0.15, 0.2) is 0 Å². The summed E-state index contributed by atoms with van der Waals surface area (Å²) in [5.41, 5.74) is 0. The van der Waals surface area contributed by atoms with Crippen molar-refractivity contribution in [3.8, 4) is 0 Å². The number of fused-ring (bicyclic) bond motifs is 1. The van der Waals surface area contributed by atoms with E-state index in [0.29, 0.717) is 11.8 Å². The Morgan fingerprint density at radius 1 is 1.06 bits per heavy atom. The van der Waals surface area contributed by atoms with Crippen LogP contribution in [-0.2, 0) is 4.79 Å². The molecule has 3 aliphatic rings. The fourth-order valence-electron chi connectivity index (χ4n) is 3.47. The third-order valence-electron chi connectivity index (χ3n) is 4.41. The molecule has 92 valence electrons. The molecule has 1 saturated carbocycles. The molecule has 1 aliphatic carbocycles. The van der Waals surface area contributed by atoms with Crippen molar-refractivity contribution in [2.24, 2.45) is 17.8 Å². The molecule has 3 rings (SSSR count). The molecule has 0 bridgehead atoms. The first-order chi connectivity index (χ1) is 7.34. The molecule has 2 atom stereocenters. The van der Waals surface area contributed by atoms with Crippen LogP contribution in [0, 0.1) is 17.8 Å². The molecule has 4 heteroatoms. The molecule has 0 aromatic rings. The third kappa shape index (κ3) is 2.07. The summed E-state index contributed by atoms with van der Waals surface area (Å²) in [5.74, 6) is 2.32. The Bertz CT molecular complexity index is 254. The van der Waals surface area contributed by atoms with Crippen molar-refractivity contribution < 1.29 is 4.79 Å². The van der Waals surface area contributed by atoms with Gasteiger partial charge in [-0.2, -0.15) is 0 Å². The molecule has 0 aromatic carbocycles. The highest BCUT2D eigenvalue weighted by atomic mass is 35.5. The highest BCUT2D eigenvalue weighted by Gasteiger charge is 2.39. The van der Waals surface area contributed by atoms with Crippen LogP contribution < -0.4 is 5.32 Å². The van der Waals surface area contributed by atoms with E-state index in [4.69, 9.17) is 0 Å². The van der Waals surface area contributed by atoms with Gasteiger partial charge in [-0.05, 0) is 24.7 Å². The second kappa shape index (κ2) is 4.92. The molecule has 1 N–H and O–H groups in total. The van der Waals surface area contributed by atoms with E-state index in [0.717, 1.165) is 50.9 Å². The van der Waals surface area contributed by atoms with Gasteiger partial charge in [-0.1, -0.05) is 12.8 Å². The van der Waals surface area contributed by atoms with Crippen LogP contribution in [0.2, 0.25) is 0 Å². The van der Waals surface area contributed by atoms with E-state index in [1.54, 1.807) is 0 Å². The number of nitrogens with zero attached hydrogens (tertiary/aromatic N) is 1. The van der Waals surface area contributed by atoms with E-state index in [9.17, 15) is 4.79 Å². The number of carbonyl (C=O) groups excluding carboxylic acids is 1. The van der Waals surface area contributed by atoms with Gasteiger partial charge in [-0.3, -0.25) is 4.79 Å². The van der Waals surface area contributed by atoms with Crippen LogP contribution in [0.15, 0.2) is 0 Å². The fraction of sp³-hybridized carbons (Fsp3) is 0.917. The van der Waals surface area contributed by atoms with Gasteiger partial charge >= 0.3 is 0 Å². The highest BCUT2D eigenvalue weighted by Crippen LogP contribution is 2.31. The Kier molecular flexibility index (Phi) is 3.75. The van der Waals surface area contributed by atoms with Crippen LogP contribution in [0.4, 0.5) is 0 Å². The first-order valence-corrected chi connectivity index (χ1v) is 6.34. The highest BCUT2D eigenvalue weighted by molar-refractivity contribution is 5.85. The van der Waals surface area contributed by atoms with Crippen molar-refractivity contribution in [2.45, 2.75) is 25.7 Å². The van der Waals surface area contributed by atoms with Crippen molar-refractivity contribution in [1.29, 1.82) is 0 Å². The standard InChI is InChI=1S/C12H20N2O.ClH/c15-12(9-3-1-2-4-9)14-7-10-5-13-6-11(10)8-14;/h9-11,13H,1-8H2;1H. The van der Waals surface area contributed by atoms with Crippen molar-refractivity contribution in [1.82, 2.24) is 10.2 Å². The Morgan fingerprint density at radius 3 is 2.19 bits per heavy atom. The molecule has 3 fully saturated rings. The van der Waals surface area contributed by atoms with Gasteiger partial charge in [0, 0.05) is 32.1 Å². The van der Waals surface area contributed by atoms with E-state index >= 15 is 0 Å². The summed E-state index contributed by atoms with van der Waals surface area (Å²) in [7, 11) is 0. The van der Waals surface area contributed by atoms with Crippen LogP contribution in [0.25, 0.3) is 0 Å². The Hall–Kier alpha value is -0.280. The summed E-state index contributed by atoms with van der Waals surface area (Å²) < 4.78 is 0. The number of carbonyl (C=O) groups is 1. The fourth-order valence-corrected chi connectivity index (χ4v) is 3.47. The van der Waals surface area contributed by atoms with Gasteiger partial charge in [-0.25, -0.2) is 0 Å². The summed E-state index contributed by atoms with van der Waals surface area (Å²) in [6.45, 7) is 4.29. The molecule has 3 nitrogen and oxygen atoms in total. The largest absolute Gasteiger partial charge is 0.342 e. The Morgan fingerprint density at radius 2 is 1.62 bits per heavy atom. The summed E-state index contributed by atoms with van der Waals surface area (Å²) in [6, 6.07) is 0. The number of likely N-dealkylation sites (tertiary alicyclic amines) is 1. The van der Waals surface area contributed by atoms with Crippen LogP contribution in [0.3, 0.4) is 0 Å². The average molecular weight is 245 g/mol. The second-order valence-corrected chi connectivity index (χ2v) is 5.40. The maximum Gasteiger partial charge on any atom is 0.225 e. The molecule has 2 saturated heterocycles. The maximum absolute atomic E-state index is 12.2. The molecule has 1 amide bonds. The van der Waals surface area contributed by atoms with Gasteiger partial charge in [0.2, 0.25) is 5.91 Å². The lowest BCUT2D eigenvalue weighted by molar-refractivity contribution is -0.134. The van der Waals surface area contributed by atoms with E-state index in [1.807, 2.05) is 0 Å². The van der Waals surface area contributed by atoms with E-state index < -0.39 is 0 Å². The molecular weight excluding hydrogens is 224 g/mol. The van der Waals surface area contributed by atoms with E-state index in [1.165, 1.54) is 12.8 Å². The lowest BCUT2D eigenvalue weighted by Gasteiger charge is -2.21. The number of hydrogen-bond acceptors (Lipinski definition) is 2. The van der Waals surface area contributed by atoms with Crippen LogP contribution in [-0.4, -0.2) is 37.0 Å². The summed E-state index contributed by atoms with van der Waals surface area (Å²) in [6.07, 6.45) is 4.81. The lowest BCUT2D eigenvalue weighted by atomic mass is 10.0. The van der Waals surface area contributed by atoms with Crippen LogP contribution in [0.1, 0.15) is 25.7 Å². The van der Waals surface area contributed by atoms with Gasteiger partial charge < -0.3 is 10.2 Å². The predicted octanol–water partition coefficient (Wildman–Crippen LogP) is 1.28. The van der Waals surface area contributed by atoms with Gasteiger partial charge in [0.05, 0.1) is 0 Å². The lowest BCUT2D eigenvalue weighted by Crippen LogP contribution is -2.35. The molecule has 2 unspecified atom stereocenters. The minimum Gasteiger partial charge on any atom is -0.342 e. The molecule has 0 aromatic heterocycles. The summed E-state index contributed by atoms with van der Waals surface area (Å²) >= 11 is 0. The number of rotatable bonds is 1. The minimum atomic E-state index is 0. The third-order valence-corrected chi connectivity index (χ3v) is 4.41. The summed E-state index contributed by atoms with van der Waals surface area (Å²) in [5, 5.41) is 3.42. The average Bonchev–Trinajstić information content (AvgIpc) is 2.92. The second-order valence-electron chi connectivity index (χ2n) is 5.40. The molecule has 2 heterocycles. The van der Waals surface area contributed by atoms with Crippen molar-refractivity contribution in [3.63, 3.8) is 0 Å². The zero-order chi connectivity index (χ0) is 10.3. The first kappa shape index (κ1) is 12.2. The quantitative estimate of drug-likeness (QED) is 0.754. The smallest absolute Gasteiger partial charge is 0.225 e. The molecular formula is C12H21ClN2O. The topological polar surface area (TPSA) is 32.3 Å². The van der Waals surface area contributed by atoms with Crippen molar-refractivity contribution >= 4 is 18.3 Å². The minimum absolute atomic E-state index is 0.